The number of aryl methyl sites for hydroxylation is 1. The van der Waals surface area contributed by atoms with Crippen molar-refractivity contribution in [3.63, 3.8) is 0 Å². The lowest BCUT2D eigenvalue weighted by atomic mass is 10.2. The van der Waals surface area contributed by atoms with Crippen LogP contribution >= 0.6 is 0 Å². The largest absolute Gasteiger partial charge is 0.347 e. The highest BCUT2D eigenvalue weighted by atomic mass is 32.2. The molecule has 2 aromatic rings. The van der Waals surface area contributed by atoms with E-state index in [2.05, 4.69) is 5.32 Å². The molecule has 20 heavy (non-hydrogen) atoms. The van der Waals surface area contributed by atoms with Gasteiger partial charge in [-0.3, -0.25) is 4.79 Å². The third-order valence-corrected chi connectivity index (χ3v) is 5.52. The van der Waals surface area contributed by atoms with Crippen molar-refractivity contribution in [3.8, 4) is 0 Å². The van der Waals surface area contributed by atoms with Crippen molar-refractivity contribution >= 4 is 26.6 Å². The van der Waals surface area contributed by atoms with Crippen molar-refractivity contribution in [2.24, 2.45) is 7.05 Å². The molecular weight excluding hydrogens is 276 g/mol. The number of nitrogens with zero attached hydrogens (tertiary/aromatic N) is 1. The van der Waals surface area contributed by atoms with E-state index >= 15 is 0 Å². The molecule has 1 atom stereocenters. The zero-order chi connectivity index (χ0) is 14.3. The number of amides is 1. The lowest BCUT2D eigenvalue weighted by molar-refractivity contribution is 0.0933. The Hall–Kier alpha value is -1.82. The molecule has 2 heterocycles. The van der Waals surface area contributed by atoms with Crippen LogP contribution in [0.5, 0.6) is 0 Å². The Labute approximate surface area is 117 Å². The summed E-state index contributed by atoms with van der Waals surface area (Å²) < 4.78 is 24.6. The number of fused-ring (bicyclic) bond motifs is 1. The van der Waals surface area contributed by atoms with Crippen LogP contribution in [0.15, 0.2) is 30.3 Å². The molecule has 0 aliphatic carbocycles. The number of nitrogens with one attached hydrogen (secondary N) is 1. The van der Waals surface area contributed by atoms with E-state index in [1.807, 2.05) is 41.9 Å². The molecule has 5 nitrogen and oxygen atoms in total. The van der Waals surface area contributed by atoms with Gasteiger partial charge in [-0.05, 0) is 18.6 Å². The topological polar surface area (TPSA) is 68.2 Å². The summed E-state index contributed by atoms with van der Waals surface area (Å²) in [6, 6.07) is 9.30. The third-order valence-electron chi connectivity index (χ3n) is 3.75. The van der Waals surface area contributed by atoms with Gasteiger partial charge >= 0.3 is 0 Å². The highest BCUT2D eigenvalue weighted by Crippen LogP contribution is 2.19. The molecule has 0 bridgehead atoms. The number of sulfone groups is 1. The molecule has 1 aromatic heterocycles. The molecule has 1 saturated heterocycles. The van der Waals surface area contributed by atoms with Crippen molar-refractivity contribution in [3.05, 3.63) is 36.0 Å². The van der Waals surface area contributed by atoms with Gasteiger partial charge in [0.1, 0.15) is 5.69 Å². The van der Waals surface area contributed by atoms with Gasteiger partial charge in [-0.15, -0.1) is 0 Å². The minimum absolute atomic E-state index is 0.0443. The molecule has 1 aliphatic heterocycles. The van der Waals surface area contributed by atoms with E-state index in [-0.39, 0.29) is 23.5 Å². The van der Waals surface area contributed by atoms with Crippen molar-refractivity contribution in [2.75, 3.05) is 11.5 Å². The van der Waals surface area contributed by atoms with Crippen LogP contribution < -0.4 is 5.32 Å². The quantitative estimate of drug-likeness (QED) is 0.901. The SMILES string of the molecule is Cn1c(C(=O)NC2CCS(=O)(=O)C2)cc2ccccc21. The van der Waals surface area contributed by atoms with E-state index in [1.165, 1.54) is 0 Å². The van der Waals surface area contributed by atoms with E-state index in [0.29, 0.717) is 12.1 Å². The van der Waals surface area contributed by atoms with Gasteiger partial charge in [0.25, 0.3) is 5.91 Å². The molecule has 3 rings (SSSR count). The van der Waals surface area contributed by atoms with Crippen LogP contribution in [0.25, 0.3) is 10.9 Å². The predicted octanol–water partition coefficient (Wildman–Crippen LogP) is 1.10. The molecule has 1 aromatic carbocycles. The second-order valence-corrected chi connectivity index (χ2v) is 7.45. The van der Waals surface area contributed by atoms with Crippen LogP contribution in [-0.2, 0) is 16.9 Å². The fourth-order valence-corrected chi connectivity index (χ4v) is 4.35. The molecule has 0 saturated carbocycles. The van der Waals surface area contributed by atoms with Crippen LogP contribution in [0.4, 0.5) is 0 Å². The molecule has 0 radical (unpaired) electrons. The Bertz CT molecular complexity index is 777. The highest BCUT2D eigenvalue weighted by Gasteiger charge is 2.29. The molecule has 1 fully saturated rings. The summed E-state index contributed by atoms with van der Waals surface area (Å²) in [5, 5.41) is 3.81. The maximum absolute atomic E-state index is 12.3. The number of aromatic nitrogens is 1. The first-order valence-electron chi connectivity index (χ1n) is 6.52. The molecule has 1 amide bonds. The number of benzene rings is 1. The standard InChI is InChI=1S/C14H16N2O3S/c1-16-12-5-3-2-4-10(12)8-13(16)14(17)15-11-6-7-20(18,19)9-11/h2-5,8,11H,6-7,9H2,1H3,(H,15,17). The minimum Gasteiger partial charge on any atom is -0.347 e. The first-order valence-corrected chi connectivity index (χ1v) is 8.34. The second kappa shape index (κ2) is 4.63. The summed E-state index contributed by atoms with van der Waals surface area (Å²) in [7, 11) is -1.14. The van der Waals surface area contributed by atoms with Crippen LogP contribution in [0, 0.1) is 0 Å². The highest BCUT2D eigenvalue weighted by molar-refractivity contribution is 7.91. The first kappa shape index (κ1) is 13.2. The van der Waals surface area contributed by atoms with Gasteiger partial charge in [0.05, 0.1) is 11.5 Å². The maximum Gasteiger partial charge on any atom is 0.268 e. The van der Waals surface area contributed by atoms with Gasteiger partial charge in [0.15, 0.2) is 9.84 Å². The van der Waals surface area contributed by atoms with Crippen LogP contribution in [0.3, 0.4) is 0 Å². The fourth-order valence-electron chi connectivity index (χ4n) is 2.67. The molecule has 106 valence electrons. The van der Waals surface area contributed by atoms with Crippen molar-refractivity contribution < 1.29 is 13.2 Å². The van der Waals surface area contributed by atoms with Gasteiger partial charge in [-0.2, -0.15) is 0 Å². The molecule has 1 unspecified atom stereocenters. The first-order chi connectivity index (χ1) is 9.46. The summed E-state index contributed by atoms with van der Waals surface area (Å²) in [4.78, 5) is 12.3. The Kier molecular flexibility index (Phi) is 3.05. The Morgan fingerprint density at radius 2 is 2.10 bits per heavy atom. The molecule has 1 aliphatic rings. The second-order valence-electron chi connectivity index (χ2n) is 5.22. The van der Waals surface area contributed by atoms with Crippen LogP contribution in [-0.4, -0.2) is 36.4 Å². The molecule has 0 spiro atoms. The van der Waals surface area contributed by atoms with E-state index in [9.17, 15) is 13.2 Å². The summed E-state index contributed by atoms with van der Waals surface area (Å²) >= 11 is 0. The predicted molar refractivity (Wildman–Crippen MR) is 77.4 cm³/mol. The molecule has 1 N–H and O–H groups in total. The average molecular weight is 292 g/mol. The van der Waals surface area contributed by atoms with E-state index in [1.54, 1.807) is 0 Å². The lowest BCUT2D eigenvalue weighted by Crippen LogP contribution is -2.36. The lowest BCUT2D eigenvalue weighted by Gasteiger charge is -2.11. The van der Waals surface area contributed by atoms with E-state index in [4.69, 9.17) is 0 Å². The zero-order valence-corrected chi connectivity index (χ0v) is 12.0. The summed E-state index contributed by atoms with van der Waals surface area (Å²) in [5.74, 6) is -0.0127. The summed E-state index contributed by atoms with van der Waals surface area (Å²) in [6.45, 7) is 0. The van der Waals surface area contributed by atoms with Gasteiger partial charge in [-0.25, -0.2) is 8.42 Å². The Balaban J connectivity index is 1.84. The Morgan fingerprint density at radius 3 is 2.75 bits per heavy atom. The summed E-state index contributed by atoms with van der Waals surface area (Å²) in [6.07, 6.45) is 0.498. The van der Waals surface area contributed by atoms with Gasteiger partial charge in [0, 0.05) is 24.0 Å². The zero-order valence-electron chi connectivity index (χ0n) is 11.2. The van der Waals surface area contributed by atoms with Gasteiger partial charge in [0.2, 0.25) is 0 Å². The minimum atomic E-state index is -2.98. The Morgan fingerprint density at radius 1 is 1.35 bits per heavy atom. The van der Waals surface area contributed by atoms with Crippen molar-refractivity contribution in [1.82, 2.24) is 9.88 Å². The van der Waals surface area contributed by atoms with Crippen LogP contribution in [0.2, 0.25) is 0 Å². The summed E-state index contributed by atoms with van der Waals surface area (Å²) in [5.41, 5.74) is 1.53. The number of carbonyl (C=O) groups is 1. The van der Waals surface area contributed by atoms with Crippen molar-refractivity contribution in [2.45, 2.75) is 12.5 Å². The fraction of sp³-hybridized carbons (Fsp3) is 0.357. The van der Waals surface area contributed by atoms with Crippen LogP contribution in [0.1, 0.15) is 16.9 Å². The number of hydrogen-bond donors (Lipinski definition) is 1. The average Bonchev–Trinajstić information content (AvgIpc) is 2.91. The number of rotatable bonds is 2. The van der Waals surface area contributed by atoms with Gasteiger partial charge < -0.3 is 9.88 Å². The smallest absolute Gasteiger partial charge is 0.268 e. The van der Waals surface area contributed by atoms with E-state index < -0.39 is 9.84 Å². The normalized spacial score (nSPS) is 21.1. The number of para-hydroxylation sites is 1. The van der Waals surface area contributed by atoms with Gasteiger partial charge in [-0.1, -0.05) is 18.2 Å². The third kappa shape index (κ3) is 2.31. The van der Waals surface area contributed by atoms with Crippen molar-refractivity contribution in [1.29, 1.82) is 0 Å². The maximum atomic E-state index is 12.3. The number of hydrogen-bond acceptors (Lipinski definition) is 3. The molecule has 6 heteroatoms. The number of carbonyl (C=O) groups excluding carboxylic acids is 1. The monoisotopic (exact) mass is 292 g/mol. The van der Waals surface area contributed by atoms with E-state index in [0.717, 1.165) is 10.9 Å². The molecular formula is C14H16N2O3S.